The van der Waals surface area contributed by atoms with Crippen LogP contribution in [-0.2, 0) is 6.54 Å². The van der Waals surface area contributed by atoms with Crippen LogP contribution >= 0.6 is 0 Å². The van der Waals surface area contributed by atoms with Gasteiger partial charge in [0.1, 0.15) is 5.82 Å². The number of aromatic nitrogens is 2. The number of anilines is 1. The van der Waals surface area contributed by atoms with Gasteiger partial charge in [-0.15, -0.1) is 0 Å². The average Bonchev–Trinajstić information content (AvgIpc) is 3.29. The number of nitrogens with one attached hydrogen (secondary N) is 1. The molecule has 21 heavy (non-hydrogen) atoms. The molecule has 1 aliphatic heterocycles. The van der Waals surface area contributed by atoms with Gasteiger partial charge in [-0.2, -0.15) is 0 Å². The summed E-state index contributed by atoms with van der Waals surface area (Å²) in [6.45, 7) is 9.44. The molecule has 0 unspecified atom stereocenters. The first-order valence-electron chi connectivity index (χ1n) is 8.13. The molecule has 1 aromatic rings. The summed E-state index contributed by atoms with van der Waals surface area (Å²) in [4.78, 5) is 11.8. The van der Waals surface area contributed by atoms with Crippen LogP contribution in [0.3, 0.4) is 0 Å². The molecule has 1 fully saturated rings. The van der Waals surface area contributed by atoms with Crippen molar-refractivity contribution < 1.29 is 0 Å². The Balaban J connectivity index is 1.84. The van der Waals surface area contributed by atoms with Gasteiger partial charge < -0.3 is 10.2 Å². The molecule has 114 valence electrons. The molecule has 0 aromatic carbocycles. The van der Waals surface area contributed by atoms with Crippen molar-refractivity contribution in [3.05, 3.63) is 29.4 Å². The molecule has 0 amide bonds. The lowest BCUT2D eigenvalue weighted by Gasteiger charge is -2.29. The third-order valence-electron chi connectivity index (χ3n) is 4.19. The summed E-state index contributed by atoms with van der Waals surface area (Å²) in [5.41, 5.74) is 3.81. The normalized spacial score (nSPS) is 19.0. The van der Waals surface area contributed by atoms with Gasteiger partial charge in [0.05, 0.1) is 17.6 Å². The Labute approximate surface area is 127 Å². The molecule has 3 rings (SSSR count). The van der Waals surface area contributed by atoms with Crippen LogP contribution in [-0.4, -0.2) is 29.1 Å². The highest BCUT2D eigenvalue weighted by atomic mass is 15.2. The van der Waals surface area contributed by atoms with Crippen molar-refractivity contribution in [3.63, 3.8) is 0 Å². The molecule has 0 saturated heterocycles. The zero-order chi connectivity index (χ0) is 14.8. The quantitative estimate of drug-likeness (QED) is 0.845. The molecule has 1 aromatic heterocycles. The fraction of sp³-hybridized carbons (Fsp3) is 0.647. The Hall–Kier alpha value is -1.42. The molecule has 1 aliphatic carbocycles. The van der Waals surface area contributed by atoms with Crippen molar-refractivity contribution in [1.82, 2.24) is 15.3 Å². The third kappa shape index (κ3) is 3.62. The topological polar surface area (TPSA) is 41.1 Å². The van der Waals surface area contributed by atoms with Gasteiger partial charge in [0, 0.05) is 31.6 Å². The van der Waals surface area contributed by atoms with Gasteiger partial charge in [-0.3, -0.25) is 0 Å². The van der Waals surface area contributed by atoms with Gasteiger partial charge in [-0.1, -0.05) is 25.5 Å². The minimum absolute atomic E-state index is 0.377. The molecule has 0 spiro atoms. The summed E-state index contributed by atoms with van der Waals surface area (Å²) in [6, 6.07) is 0.707. The second-order valence-electron chi connectivity index (χ2n) is 6.63. The van der Waals surface area contributed by atoms with E-state index in [9.17, 15) is 0 Å². The van der Waals surface area contributed by atoms with Crippen molar-refractivity contribution in [2.24, 2.45) is 0 Å². The highest BCUT2D eigenvalue weighted by Crippen LogP contribution is 2.25. The molecule has 0 atom stereocenters. The van der Waals surface area contributed by atoms with Crippen LogP contribution in [0, 0.1) is 0 Å². The number of rotatable bonds is 5. The summed E-state index contributed by atoms with van der Waals surface area (Å²) < 4.78 is 0. The van der Waals surface area contributed by atoms with Crippen LogP contribution in [0.4, 0.5) is 5.69 Å². The zero-order valence-corrected chi connectivity index (χ0v) is 13.4. The van der Waals surface area contributed by atoms with Crippen molar-refractivity contribution in [2.45, 2.75) is 58.5 Å². The number of hydrogen-bond acceptors (Lipinski definition) is 4. The summed E-state index contributed by atoms with van der Waals surface area (Å²) in [7, 11) is 0. The number of hydrogen-bond donors (Lipinski definition) is 1. The Bertz CT molecular complexity index is 532. The lowest BCUT2D eigenvalue weighted by molar-refractivity contribution is 0.652. The molecular formula is C17H26N4. The average molecular weight is 286 g/mol. The van der Waals surface area contributed by atoms with Gasteiger partial charge in [-0.05, 0) is 26.2 Å². The summed E-state index contributed by atoms with van der Waals surface area (Å²) in [5.74, 6) is 1.33. The highest BCUT2D eigenvalue weighted by Gasteiger charge is 2.23. The van der Waals surface area contributed by atoms with Crippen molar-refractivity contribution in [3.8, 4) is 0 Å². The van der Waals surface area contributed by atoms with E-state index < -0.39 is 0 Å². The maximum Gasteiger partial charge on any atom is 0.131 e. The molecule has 2 aliphatic rings. The second-order valence-corrected chi connectivity index (χ2v) is 6.63. The van der Waals surface area contributed by atoms with E-state index >= 15 is 0 Å². The maximum absolute atomic E-state index is 4.84. The van der Waals surface area contributed by atoms with Gasteiger partial charge in [-0.25, -0.2) is 9.97 Å². The van der Waals surface area contributed by atoms with E-state index in [-0.39, 0.29) is 0 Å². The van der Waals surface area contributed by atoms with Crippen molar-refractivity contribution in [2.75, 3.05) is 18.0 Å². The lowest BCUT2D eigenvalue weighted by atomic mass is 10.1. The van der Waals surface area contributed by atoms with Crippen molar-refractivity contribution in [1.29, 1.82) is 0 Å². The molecule has 4 nitrogen and oxygen atoms in total. The summed E-state index contributed by atoms with van der Waals surface area (Å²) in [5, 5.41) is 3.60. The van der Waals surface area contributed by atoms with Gasteiger partial charge in [0.25, 0.3) is 0 Å². The summed E-state index contributed by atoms with van der Waals surface area (Å²) >= 11 is 0. The first-order chi connectivity index (χ1) is 10.1. The van der Waals surface area contributed by atoms with Crippen LogP contribution < -0.4 is 10.2 Å². The molecule has 0 radical (unpaired) electrons. The fourth-order valence-electron chi connectivity index (χ4n) is 2.74. The molecule has 1 saturated carbocycles. The Morgan fingerprint density at radius 2 is 2.19 bits per heavy atom. The van der Waals surface area contributed by atoms with Crippen molar-refractivity contribution >= 4 is 5.69 Å². The van der Waals surface area contributed by atoms with Crippen LogP contribution in [0.25, 0.3) is 0 Å². The minimum atomic E-state index is 0.377. The predicted octanol–water partition coefficient (Wildman–Crippen LogP) is 3.01. The Morgan fingerprint density at radius 1 is 1.38 bits per heavy atom. The largest absolute Gasteiger partial charge is 0.364 e. The van der Waals surface area contributed by atoms with E-state index in [0.29, 0.717) is 12.0 Å². The van der Waals surface area contributed by atoms with E-state index in [1.165, 1.54) is 24.1 Å². The van der Waals surface area contributed by atoms with E-state index in [2.05, 4.69) is 42.0 Å². The maximum atomic E-state index is 4.84. The first-order valence-corrected chi connectivity index (χ1v) is 8.13. The Kier molecular flexibility index (Phi) is 4.24. The molecular weight excluding hydrogens is 260 g/mol. The van der Waals surface area contributed by atoms with Gasteiger partial charge in [0.2, 0.25) is 0 Å². The fourth-order valence-corrected chi connectivity index (χ4v) is 2.74. The first kappa shape index (κ1) is 14.5. The summed E-state index contributed by atoms with van der Waals surface area (Å²) in [6.07, 6.45) is 8.10. The molecule has 0 bridgehead atoms. The minimum Gasteiger partial charge on any atom is -0.364 e. The van der Waals surface area contributed by atoms with E-state index in [1.807, 2.05) is 6.20 Å². The predicted molar refractivity (Wildman–Crippen MR) is 86.6 cm³/mol. The third-order valence-corrected chi connectivity index (χ3v) is 4.19. The molecule has 1 N–H and O–H groups in total. The zero-order valence-electron chi connectivity index (χ0n) is 13.4. The lowest BCUT2D eigenvalue weighted by Crippen LogP contribution is -2.31. The smallest absolute Gasteiger partial charge is 0.131 e. The number of nitrogens with zero attached hydrogens (tertiary/aromatic N) is 3. The van der Waals surface area contributed by atoms with Crippen LogP contribution in [0.15, 0.2) is 17.8 Å². The molecule has 2 heterocycles. The van der Waals surface area contributed by atoms with Crippen LogP contribution in [0.1, 0.15) is 57.5 Å². The standard InChI is InChI=1S/C17H26N4/c1-12(2)17-19-10-16(21-8-4-5-13(3)11-21)15(20-17)9-18-14-6-7-14/h5,10,12,14,18H,4,6-9,11H2,1-3H3. The van der Waals surface area contributed by atoms with Gasteiger partial charge >= 0.3 is 0 Å². The monoisotopic (exact) mass is 286 g/mol. The Morgan fingerprint density at radius 3 is 2.86 bits per heavy atom. The SMILES string of the molecule is CC1=CCCN(c2cnc(C(C)C)nc2CNC2CC2)C1. The highest BCUT2D eigenvalue weighted by molar-refractivity contribution is 5.51. The van der Waals surface area contributed by atoms with Gasteiger partial charge in [0.15, 0.2) is 0 Å². The van der Waals surface area contributed by atoms with E-state index in [4.69, 9.17) is 4.98 Å². The van der Waals surface area contributed by atoms with Crippen LogP contribution in [0.2, 0.25) is 0 Å². The van der Waals surface area contributed by atoms with Crippen LogP contribution in [0.5, 0.6) is 0 Å². The van der Waals surface area contributed by atoms with E-state index in [0.717, 1.165) is 37.6 Å². The molecule has 4 heteroatoms. The second kappa shape index (κ2) is 6.14. The van der Waals surface area contributed by atoms with E-state index in [1.54, 1.807) is 0 Å².